The van der Waals surface area contributed by atoms with Crippen LogP contribution in [0.15, 0.2) is 35.0 Å². The Balaban J connectivity index is 1.89. The maximum atomic E-state index is 14.2. The topological polar surface area (TPSA) is 29.5 Å². The molecule has 20 heavy (non-hydrogen) atoms. The van der Waals surface area contributed by atoms with Gasteiger partial charge < -0.3 is 4.74 Å². The fourth-order valence-electron chi connectivity index (χ4n) is 2.27. The van der Waals surface area contributed by atoms with E-state index in [1.54, 1.807) is 12.1 Å². The number of rotatable bonds is 3. The number of nitrogens with zero attached hydrogens (tertiary/aromatic N) is 1. The average molecular weight is 291 g/mol. The highest BCUT2D eigenvalue weighted by atomic mass is 32.1. The lowest BCUT2D eigenvalue weighted by Crippen LogP contribution is -2.24. The van der Waals surface area contributed by atoms with Crippen molar-refractivity contribution in [3.8, 4) is 11.1 Å². The summed E-state index contributed by atoms with van der Waals surface area (Å²) in [5, 5.41) is 3.81. The Bertz CT molecular complexity index is 627. The molecule has 2 aromatic rings. The molecule has 0 saturated carbocycles. The summed E-state index contributed by atoms with van der Waals surface area (Å²) in [4.78, 5) is 13.2. The SMILES string of the molecule is CC[C@H]1CN(c2ccc(-c3ccsc3)c(F)c2)C(=O)O1. The van der Waals surface area contributed by atoms with E-state index >= 15 is 0 Å². The zero-order valence-corrected chi connectivity index (χ0v) is 11.8. The number of cyclic esters (lactones) is 1. The fraction of sp³-hybridized carbons (Fsp3) is 0.267. The Morgan fingerprint density at radius 1 is 1.45 bits per heavy atom. The third kappa shape index (κ3) is 2.29. The minimum Gasteiger partial charge on any atom is -0.444 e. The van der Waals surface area contributed by atoms with Gasteiger partial charge in [0, 0.05) is 5.56 Å². The largest absolute Gasteiger partial charge is 0.444 e. The van der Waals surface area contributed by atoms with Gasteiger partial charge in [-0.25, -0.2) is 9.18 Å². The van der Waals surface area contributed by atoms with Gasteiger partial charge in [-0.2, -0.15) is 11.3 Å². The van der Waals surface area contributed by atoms with Gasteiger partial charge >= 0.3 is 6.09 Å². The number of carbonyl (C=O) groups excluding carboxylic acids is 1. The Labute approximate surface area is 120 Å². The monoisotopic (exact) mass is 291 g/mol. The van der Waals surface area contributed by atoms with Crippen LogP contribution >= 0.6 is 11.3 Å². The Morgan fingerprint density at radius 2 is 2.30 bits per heavy atom. The first kappa shape index (κ1) is 13.1. The van der Waals surface area contributed by atoms with Crippen LogP contribution in [-0.2, 0) is 4.74 Å². The highest BCUT2D eigenvalue weighted by Crippen LogP contribution is 2.30. The number of amides is 1. The van der Waals surface area contributed by atoms with Crippen molar-refractivity contribution in [3.63, 3.8) is 0 Å². The van der Waals surface area contributed by atoms with Crippen molar-refractivity contribution in [2.24, 2.45) is 0 Å². The standard InChI is InChI=1S/C15H14FNO2S/c1-2-12-8-17(15(18)19-12)11-3-4-13(14(16)7-11)10-5-6-20-9-10/h3-7,9,12H,2,8H2,1H3/t12-/m0/s1. The molecule has 1 aromatic heterocycles. The summed E-state index contributed by atoms with van der Waals surface area (Å²) in [6.07, 6.45) is 0.249. The molecule has 3 rings (SSSR count). The highest BCUT2D eigenvalue weighted by molar-refractivity contribution is 7.08. The lowest BCUT2D eigenvalue weighted by Gasteiger charge is -2.14. The molecule has 5 heteroatoms. The first-order valence-electron chi connectivity index (χ1n) is 6.49. The number of halogens is 1. The van der Waals surface area contributed by atoms with Crippen LogP contribution in [0.25, 0.3) is 11.1 Å². The summed E-state index contributed by atoms with van der Waals surface area (Å²) in [6, 6.07) is 6.74. The lowest BCUT2D eigenvalue weighted by atomic mass is 10.1. The molecule has 0 bridgehead atoms. The molecule has 1 fully saturated rings. The van der Waals surface area contributed by atoms with Crippen LogP contribution in [0.3, 0.4) is 0 Å². The maximum absolute atomic E-state index is 14.2. The molecular weight excluding hydrogens is 277 g/mol. The molecule has 1 saturated heterocycles. The molecule has 1 aliphatic heterocycles. The number of anilines is 1. The molecule has 1 aliphatic rings. The Kier molecular flexibility index (Phi) is 3.44. The van der Waals surface area contributed by atoms with Crippen LogP contribution in [0.4, 0.5) is 14.9 Å². The van der Waals surface area contributed by atoms with E-state index in [4.69, 9.17) is 4.74 Å². The van der Waals surface area contributed by atoms with Gasteiger partial charge in [0.25, 0.3) is 0 Å². The molecular formula is C15H14FNO2S. The predicted octanol–water partition coefficient (Wildman–Crippen LogP) is 4.29. The smallest absolute Gasteiger partial charge is 0.414 e. The normalized spacial score (nSPS) is 18.4. The van der Waals surface area contributed by atoms with E-state index in [1.807, 2.05) is 23.8 Å². The van der Waals surface area contributed by atoms with Crippen molar-refractivity contribution in [3.05, 3.63) is 40.8 Å². The number of benzene rings is 1. The van der Waals surface area contributed by atoms with Gasteiger partial charge in [0.2, 0.25) is 0 Å². The third-order valence-corrected chi connectivity index (χ3v) is 4.11. The summed E-state index contributed by atoms with van der Waals surface area (Å²) in [5.74, 6) is -0.325. The van der Waals surface area contributed by atoms with E-state index in [1.165, 1.54) is 22.3 Å². The van der Waals surface area contributed by atoms with E-state index in [0.717, 1.165) is 12.0 Å². The lowest BCUT2D eigenvalue weighted by molar-refractivity contribution is 0.139. The molecule has 1 aromatic carbocycles. The van der Waals surface area contributed by atoms with E-state index in [-0.39, 0.29) is 11.9 Å². The summed E-state index contributed by atoms with van der Waals surface area (Å²) < 4.78 is 19.4. The zero-order chi connectivity index (χ0) is 14.1. The maximum Gasteiger partial charge on any atom is 0.414 e. The van der Waals surface area contributed by atoms with E-state index < -0.39 is 6.09 Å². The van der Waals surface area contributed by atoms with Gasteiger partial charge in [-0.3, -0.25) is 4.90 Å². The van der Waals surface area contributed by atoms with Crippen LogP contribution < -0.4 is 4.90 Å². The first-order chi connectivity index (χ1) is 9.69. The molecule has 1 atom stereocenters. The predicted molar refractivity (Wildman–Crippen MR) is 77.6 cm³/mol. The Hall–Kier alpha value is -1.88. The highest BCUT2D eigenvalue weighted by Gasteiger charge is 2.31. The van der Waals surface area contributed by atoms with Crippen molar-refractivity contribution < 1.29 is 13.9 Å². The second-order valence-corrected chi connectivity index (χ2v) is 5.48. The van der Waals surface area contributed by atoms with Gasteiger partial charge in [0.15, 0.2) is 0 Å². The number of hydrogen-bond donors (Lipinski definition) is 0. The van der Waals surface area contributed by atoms with Gasteiger partial charge in [0.05, 0.1) is 12.2 Å². The van der Waals surface area contributed by atoms with Crippen molar-refractivity contribution in [1.82, 2.24) is 0 Å². The van der Waals surface area contributed by atoms with Gasteiger partial charge in [0.1, 0.15) is 11.9 Å². The van der Waals surface area contributed by atoms with Gasteiger partial charge in [-0.15, -0.1) is 0 Å². The van der Waals surface area contributed by atoms with Crippen LogP contribution in [0.5, 0.6) is 0 Å². The minimum absolute atomic E-state index is 0.109. The molecule has 0 unspecified atom stereocenters. The third-order valence-electron chi connectivity index (χ3n) is 3.43. The van der Waals surface area contributed by atoms with Gasteiger partial charge in [-0.05, 0) is 47.0 Å². The number of carbonyl (C=O) groups is 1. The van der Waals surface area contributed by atoms with E-state index in [0.29, 0.717) is 17.8 Å². The fourth-order valence-corrected chi connectivity index (χ4v) is 2.92. The van der Waals surface area contributed by atoms with Crippen LogP contribution in [-0.4, -0.2) is 18.7 Å². The van der Waals surface area contributed by atoms with E-state index in [9.17, 15) is 9.18 Å². The van der Waals surface area contributed by atoms with Crippen molar-refractivity contribution in [2.75, 3.05) is 11.4 Å². The van der Waals surface area contributed by atoms with Crippen LogP contribution in [0.1, 0.15) is 13.3 Å². The molecule has 0 radical (unpaired) electrons. The molecule has 1 amide bonds. The summed E-state index contributed by atoms with van der Waals surface area (Å²) >= 11 is 1.53. The average Bonchev–Trinajstić information content (AvgIpc) is 3.07. The molecule has 104 valence electrons. The van der Waals surface area contributed by atoms with Crippen molar-refractivity contribution >= 4 is 23.1 Å². The first-order valence-corrected chi connectivity index (χ1v) is 7.43. The quantitative estimate of drug-likeness (QED) is 0.844. The van der Waals surface area contributed by atoms with Crippen molar-refractivity contribution in [1.29, 1.82) is 0 Å². The molecule has 0 aliphatic carbocycles. The second kappa shape index (κ2) is 5.25. The molecule has 3 nitrogen and oxygen atoms in total. The Morgan fingerprint density at radius 3 is 2.90 bits per heavy atom. The van der Waals surface area contributed by atoms with Crippen LogP contribution in [0, 0.1) is 5.82 Å². The second-order valence-electron chi connectivity index (χ2n) is 4.70. The molecule has 2 heterocycles. The number of thiophene rings is 1. The minimum atomic E-state index is -0.403. The molecule has 0 N–H and O–H groups in total. The van der Waals surface area contributed by atoms with Gasteiger partial charge in [-0.1, -0.05) is 6.92 Å². The number of ether oxygens (including phenoxy) is 1. The number of hydrogen-bond acceptors (Lipinski definition) is 3. The summed E-state index contributed by atoms with van der Waals surface area (Å²) in [5.41, 5.74) is 1.95. The zero-order valence-electron chi connectivity index (χ0n) is 11.0. The van der Waals surface area contributed by atoms with E-state index in [2.05, 4.69) is 0 Å². The summed E-state index contributed by atoms with van der Waals surface area (Å²) in [6.45, 7) is 2.44. The summed E-state index contributed by atoms with van der Waals surface area (Å²) in [7, 11) is 0. The van der Waals surface area contributed by atoms with Crippen LogP contribution in [0.2, 0.25) is 0 Å². The van der Waals surface area contributed by atoms with Crippen molar-refractivity contribution in [2.45, 2.75) is 19.4 Å². The molecule has 0 spiro atoms.